The maximum Gasteiger partial charge on any atom is 0.243 e. The van der Waals surface area contributed by atoms with E-state index in [1.807, 2.05) is 24.3 Å². The highest BCUT2D eigenvalue weighted by atomic mass is 16.2. The molecule has 3 aromatic rings. The van der Waals surface area contributed by atoms with Crippen LogP contribution in [0, 0.1) is 5.92 Å². The first-order chi connectivity index (χ1) is 10.8. The summed E-state index contributed by atoms with van der Waals surface area (Å²) in [6, 6.07) is 18.7. The van der Waals surface area contributed by atoms with Gasteiger partial charge < -0.3 is 0 Å². The molecule has 1 amide bonds. The van der Waals surface area contributed by atoms with E-state index in [2.05, 4.69) is 40.9 Å². The number of nitrogens with zero attached hydrogens (tertiary/aromatic N) is 1. The molecule has 1 aliphatic rings. The van der Waals surface area contributed by atoms with Crippen molar-refractivity contribution in [2.75, 3.05) is 0 Å². The first-order valence-electron chi connectivity index (χ1n) is 7.56. The van der Waals surface area contributed by atoms with Gasteiger partial charge in [0.05, 0.1) is 6.21 Å². The highest BCUT2D eigenvalue weighted by Gasteiger charge is 2.29. The molecule has 0 spiro atoms. The monoisotopic (exact) mass is 288 g/mol. The molecule has 4 rings (SSSR count). The van der Waals surface area contributed by atoms with Gasteiger partial charge in [-0.05, 0) is 40.5 Å². The number of fused-ring (bicyclic) bond motifs is 2. The Balaban J connectivity index is 1.81. The molecule has 3 aromatic carbocycles. The van der Waals surface area contributed by atoms with Crippen molar-refractivity contribution in [1.82, 2.24) is 5.43 Å². The van der Waals surface area contributed by atoms with Gasteiger partial charge in [0, 0.05) is 11.5 Å². The molecule has 108 valence electrons. The van der Waals surface area contributed by atoms with E-state index >= 15 is 0 Å². The number of carbonyl (C=O) groups excluding carboxylic acids is 1. The van der Waals surface area contributed by atoms with E-state index in [0.717, 1.165) is 29.2 Å². The lowest BCUT2D eigenvalue weighted by molar-refractivity contribution is -0.122. The van der Waals surface area contributed by atoms with Gasteiger partial charge in [0.25, 0.3) is 0 Å². The van der Waals surface area contributed by atoms with Crippen molar-refractivity contribution in [3.63, 3.8) is 0 Å². The zero-order valence-corrected chi connectivity index (χ0v) is 12.1. The topological polar surface area (TPSA) is 41.5 Å². The molecule has 0 aromatic heterocycles. The molecular formula is C19H16N2O. The van der Waals surface area contributed by atoms with Gasteiger partial charge >= 0.3 is 0 Å². The van der Waals surface area contributed by atoms with E-state index < -0.39 is 0 Å². The molecule has 1 N–H and O–H groups in total. The van der Waals surface area contributed by atoms with E-state index in [4.69, 9.17) is 0 Å². The van der Waals surface area contributed by atoms with Crippen LogP contribution < -0.4 is 5.43 Å². The van der Waals surface area contributed by atoms with Crippen LogP contribution in [0.15, 0.2) is 59.7 Å². The number of rotatable bonds is 3. The van der Waals surface area contributed by atoms with Crippen LogP contribution in [0.3, 0.4) is 0 Å². The van der Waals surface area contributed by atoms with Gasteiger partial charge in [0.15, 0.2) is 0 Å². The van der Waals surface area contributed by atoms with Gasteiger partial charge in [0.1, 0.15) is 0 Å². The molecule has 0 atom stereocenters. The van der Waals surface area contributed by atoms with Crippen molar-refractivity contribution in [3.05, 3.63) is 60.2 Å². The van der Waals surface area contributed by atoms with Crippen molar-refractivity contribution in [3.8, 4) is 0 Å². The largest absolute Gasteiger partial charge is 0.273 e. The van der Waals surface area contributed by atoms with Crippen LogP contribution in [0.1, 0.15) is 18.4 Å². The van der Waals surface area contributed by atoms with E-state index in [0.29, 0.717) is 0 Å². The highest BCUT2D eigenvalue weighted by Crippen LogP contribution is 2.29. The van der Waals surface area contributed by atoms with Crippen molar-refractivity contribution in [1.29, 1.82) is 0 Å². The SMILES string of the molecule is O=C(NN=Cc1c2ccccc2cc2ccccc12)C1CC1. The highest BCUT2D eigenvalue weighted by molar-refractivity contribution is 6.13. The number of nitrogens with one attached hydrogen (secondary N) is 1. The molecule has 0 bridgehead atoms. The Hall–Kier alpha value is -2.68. The number of carbonyl (C=O) groups is 1. The lowest BCUT2D eigenvalue weighted by Crippen LogP contribution is -2.19. The van der Waals surface area contributed by atoms with Gasteiger partial charge in [-0.15, -0.1) is 0 Å². The van der Waals surface area contributed by atoms with Crippen LogP contribution in [0.2, 0.25) is 0 Å². The summed E-state index contributed by atoms with van der Waals surface area (Å²) in [5.41, 5.74) is 3.70. The van der Waals surface area contributed by atoms with Crippen LogP contribution in [-0.4, -0.2) is 12.1 Å². The Kier molecular flexibility index (Phi) is 3.11. The fourth-order valence-corrected chi connectivity index (χ4v) is 2.79. The minimum Gasteiger partial charge on any atom is -0.273 e. The number of hydrazone groups is 1. The molecule has 3 heteroatoms. The maximum atomic E-state index is 11.7. The van der Waals surface area contributed by atoms with Gasteiger partial charge in [-0.1, -0.05) is 48.5 Å². The lowest BCUT2D eigenvalue weighted by Gasteiger charge is -2.07. The lowest BCUT2D eigenvalue weighted by atomic mass is 9.97. The molecule has 0 unspecified atom stereocenters. The van der Waals surface area contributed by atoms with Crippen molar-refractivity contribution in [2.24, 2.45) is 11.0 Å². The van der Waals surface area contributed by atoms with Crippen LogP contribution in [0.25, 0.3) is 21.5 Å². The minimum atomic E-state index is 0.0285. The number of benzene rings is 3. The van der Waals surface area contributed by atoms with E-state index in [1.54, 1.807) is 6.21 Å². The van der Waals surface area contributed by atoms with E-state index in [-0.39, 0.29) is 11.8 Å². The first kappa shape index (κ1) is 13.0. The molecule has 1 saturated carbocycles. The standard InChI is InChI=1S/C19H16N2O/c22-19(13-9-10-13)21-20-12-18-16-7-3-1-5-14(16)11-15-6-2-4-8-17(15)18/h1-8,11-13H,9-10H2,(H,21,22). The van der Waals surface area contributed by atoms with Crippen LogP contribution in [-0.2, 0) is 4.79 Å². The van der Waals surface area contributed by atoms with Crippen LogP contribution in [0.5, 0.6) is 0 Å². The molecule has 1 aliphatic carbocycles. The predicted molar refractivity (Wildman–Crippen MR) is 89.9 cm³/mol. The zero-order valence-electron chi connectivity index (χ0n) is 12.1. The molecule has 0 saturated heterocycles. The first-order valence-corrected chi connectivity index (χ1v) is 7.56. The van der Waals surface area contributed by atoms with Gasteiger partial charge in [-0.3, -0.25) is 4.79 Å². The quantitative estimate of drug-likeness (QED) is 0.444. The van der Waals surface area contributed by atoms with E-state index in [9.17, 15) is 4.79 Å². The molecule has 0 radical (unpaired) electrons. The molecular weight excluding hydrogens is 272 g/mol. The Morgan fingerprint density at radius 3 is 2.18 bits per heavy atom. The summed E-state index contributed by atoms with van der Waals surface area (Å²) in [4.78, 5) is 11.7. The molecule has 3 nitrogen and oxygen atoms in total. The van der Waals surface area contributed by atoms with Crippen LogP contribution >= 0.6 is 0 Å². The van der Waals surface area contributed by atoms with Crippen molar-refractivity contribution in [2.45, 2.75) is 12.8 Å². The van der Waals surface area contributed by atoms with Crippen molar-refractivity contribution < 1.29 is 4.79 Å². The summed E-state index contributed by atoms with van der Waals surface area (Å²) in [6.07, 6.45) is 3.74. The van der Waals surface area contributed by atoms with Gasteiger partial charge in [-0.2, -0.15) is 5.10 Å². The summed E-state index contributed by atoms with van der Waals surface area (Å²) in [5, 5.41) is 8.82. The number of hydrogen-bond donors (Lipinski definition) is 1. The van der Waals surface area contributed by atoms with Gasteiger partial charge in [-0.25, -0.2) is 5.43 Å². The predicted octanol–water partition coefficient (Wildman–Crippen LogP) is 3.85. The summed E-state index contributed by atoms with van der Waals surface area (Å²) in [5.74, 6) is 0.196. The second-order valence-electron chi connectivity index (χ2n) is 5.74. The number of hydrogen-bond acceptors (Lipinski definition) is 2. The summed E-state index contributed by atoms with van der Waals surface area (Å²) < 4.78 is 0. The zero-order chi connectivity index (χ0) is 14.9. The van der Waals surface area contributed by atoms with Gasteiger partial charge in [0.2, 0.25) is 5.91 Å². The normalized spacial score (nSPS) is 14.7. The average molecular weight is 288 g/mol. The average Bonchev–Trinajstić information content (AvgIpc) is 3.39. The van der Waals surface area contributed by atoms with Crippen LogP contribution in [0.4, 0.5) is 0 Å². The third-order valence-corrected chi connectivity index (χ3v) is 4.13. The third kappa shape index (κ3) is 2.35. The molecule has 0 heterocycles. The molecule has 22 heavy (non-hydrogen) atoms. The van der Waals surface area contributed by atoms with Crippen molar-refractivity contribution >= 4 is 33.7 Å². The summed E-state index contributed by atoms with van der Waals surface area (Å²) >= 11 is 0. The smallest absolute Gasteiger partial charge is 0.243 e. The Morgan fingerprint density at radius 2 is 1.59 bits per heavy atom. The third-order valence-electron chi connectivity index (χ3n) is 4.13. The fraction of sp³-hybridized carbons (Fsp3) is 0.158. The number of amides is 1. The molecule has 0 aliphatic heterocycles. The second kappa shape index (κ2) is 5.26. The Labute approximate surface area is 128 Å². The molecule has 1 fully saturated rings. The second-order valence-corrected chi connectivity index (χ2v) is 5.74. The summed E-state index contributed by atoms with van der Waals surface area (Å²) in [7, 11) is 0. The Morgan fingerprint density at radius 1 is 1.00 bits per heavy atom. The van der Waals surface area contributed by atoms with E-state index in [1.165, 1.54) is 10.8 Å². The fourth-order valence-electron chi connectivity index (χ4n) is 2.79. The minimum absolute atomic E-state index is 0.0285. The Bertz CT molecular complexity index is 840. The summed E-state index contributed by atoms with van der Waals surface area (Å²) in [6.45, 7) is 0. The maximum absolute atomic E-state index is 11.7.